The molecule has 0 aromatic carbocycles. The van der Waals surface area contributed by atoms with Crippen LogP contribution in [0, 0.1) is 0 Å². The number of halogens is 1. The summed E-state index contributed by atoms with van der Waals surface area (Å²) in [5, 5.41) is 2.32. The molecule has 0 fully saturated rings. The van der Waals surface area contributed by atoms with Crippen LogP contribution in [0.4, 0.5) is 0 Å². The van der Waals surface area contributed by atoms with Gasteiger partial charge in [-0.3, -0.25) is 4.79 Å². The lowest BCUT2D eigenvalue weighted by atomic mass is 10.0. The van der Waals surface area contributed by atoms with Crippen LogP contribution < -0.4 is 0 Å². The third-order valence-electron chi connectivity index (χ3n) is 2.46. The molecule has 7 heteroatoms. The average molecular weight is 323 g/mol. The van der Waals surface area contributed by atoms with E-state index < -0.39 is 11.8 Å². The highest BCUT2D eigenvalue weighted by atomic mass is 35.5. The number of thiazole rings is 1. The van der Waals surface area contributed by atoms with Crippen molar-refractivity contribution in [2.24, 2.45) is 0 Å². The maximum atomic E-state index is 12.5. The van der Waals surface area contributed by atoms with Crippen molar-refractivity contribution in [1.29, 1.82) is 0 Å². The molecule has 2 aromatic rings. The van der Waals surface area contributed by atoms with Gasteiger partial charge in [-0.1, -0.05) is 11.6 Å². The topological polar surface area (TPSA) is 69.2 Å². The maximum Gasteiger partial charge on any atom is 0.342 e. The summed E-state index contributed by atoms with van der Waals surface area (Å²) in [7, 11) is 0. The Morgan fingerprint density at radius 2 is 2.19 bits per heavy atom. The van der Waals surface area contributed by atoms with Gasteiger partial charge in [-0.15, -0.1) is 11.3 Å². The van der Waals surface area contributed by atoms with E-state index in [0.29, 0.717) is 5.01 Å². The number of nitrogens with zero attached hydrogens (tertiary/aromatic N) is 2. The Bertz CT molecular complexity index is 683. The fourth-order valence-corrected chi connectivity index (χ4v) is 2.33. The Balaban J connectivity index is 2.43. The molecule has 2 heterocycles. The molecule has 0 spiro atoms. The van der Waals surface area contributed by atoms with Gasteiger partial charge in [-0.05, 0) is 25.1 Å². The van der Waals surface area contributed by atoms with Crippen LogP contribution in [0.15, 0.2) is 35.5 Å². The van der Waals surface area contributed by atoms with Gasteiger partial charge >= 0.3 is 5.97 Å². The molecule has 2 rings (SSSR count). The van der Waals surface area contributed by atoms with Crippen molar-refractivity contribution >= 4 is 40.8 Å². The van der Waals surface area contributed by atoms with Crippen LogP contribution in [-0.2, 0) is 9.53 Å². The van der Waals surface area contributed by atoms with Gasteiger partial charge in [0.05, 0.1) is 12.2 Å². The lowest BCUT2D eigenvalue weighted by Crippen LogP contribution is -2.16. The van der Waals surface area contributed by atoms with Crippen LogP contribution in [-0.4, -0.2) is 28.3 Å². The number of ether oxygens (including phenoxy) is 1. The quantitative estimate of drug-likeness (QED) is 0.211. The summed E-state index contributed by atoms with van der Waals surface area (Å²) < 4.78 is 4.92. The van der Waals surface area contributed by atoms with Gasteiger partial charge in [0.1, 0.15) is 15.7 Å². The molecule has 0 aliphatic rings. The molecule has 0 saturated heterocycles. The zero-order valence-electron chi connectivity index (χ0n) is 11.1. The molecule has 2 aromatic heterocycles. The summed E-state index contributed by atoms with van der Waals surface area (Å²) in [6.07, 6.45) is 4.45. The molecule has 0 bridgehead atoms. The van der Waals surface area contributed by atoms with E-state index in [-0.39, 0.29) is 22.9 Å². The number of carbonyl (C=O) groups excluding carboxylic acids is 2. The van der Waals surface area contributed by atoms with E-state index >= 15 is 0 Å². The van der Waals surface area contributed by atoms with Crippen molar-refractivity contribution in [3.8, 4) is 0 Å². The van der Waals surface area contributed by atoms with Crippen molar-refractivity contribution in [2.75, 3.05) is 6.61 Å². The molecule has 0 aliphatic heterocycles. The second kappa shape index (κ2) is 7.10. The van der Waals surface area contributed by atoms with Crippen molar-refractivity contribution < 1.29 is 14.3 Å². The van der Waals surface area contributed by atoms with Gasteiger partial charge in [0.2, 0.25) is 5.78 Å². The van der Waals surface area contributed by atoms with Gasteiger partial charge < -0.3 is 4.74 Å². The van der Waals surface area contributed by atoms with E-state index in [9.17, 15) is 9.59 Å². The number of ketones is 1. The highest BCUT2D eigenvalue weighted by molar-refractivity contribution is 7.10. The maximum absolute atomic E-state index is 12.5. The minimum Gasteiger partial charge on any atom is -0.462 e. The SMILES string of the molecule is CCOC(=O)C(=Cc1nccs1)C(=O)c1cccnc1Cl. The third kappa shape index (κ3) is 3.74. The molecule has 21 heavy (non-hydrogen) atoms. The predicted molar refractivity (Wildman–Crippen MR) is 80.3 cm³/mol. The summed E-state index contributed by atoms with van der Waals surface area (Å²) in [4.78, 5) is 32.4. The molecule has 0 radical (unpaired) electrons. The number of rotatable bonds is 5. The highest BCUT2D eigenvalue weighted by Gasteiger charge is 2.23. The van der Waals surface area contributed by atoms with Gasteiger partial charge in [-0.2, -0.15) is 0 Å². The number of aromatic nitrogens is 2. The standard InChI is InChI=1S/C14H11ClN2O3S/c1-2-20-14(19)10(8-11-16-6-7-21-11)12(18)9-4-3-5-17-13(9)15/h3-8H,2H2,1H3. The van der Waals surface area contributed by atoms with Crippen LogP contribution in [0.25, 0.3) is 6.08 Å². The number of pyridine rings is 1. The molecule has 108 valence electrons. The van der Waals surface area contributed by atoms with Crippen LogP contribution in [0.2, 0.25) is 5.15 Å². The van der Waals surface area contributed by atoms with Crippen molar-refractivity contribution in [3.05, 3.63) is 51.2 Å². The van der Waals surface area contributed by atoms with Crippen molar-refractivity contribution in [2.45, 2.75) is 6.92 Å². The smallest absolute Gasteiger partial charge is 0.342 e. The van der Waals surface area contributed by atoms with Gasteiger partial charge in [0.25, 0.3) is 0 Å². The summed E-state index contributed by atoms with van der Waals surface area (Å²) in [6.45, 7) is 1.84. The zero-order valence-corrected chi connectivity index (χ0v) is 12.6. The Morgan fingerprint density at radius 1 is 1.38 bits per heavy atom. The third-order valence-corrected chi connectivity index (χ3v) is 3.49. The summed E-state index contributed by atoms with van der Waals surface area (Å²) in [5.74, 6) is -1.25. The molecular weight excluding hydrogens is 312 g/mol. The number of esters is 1. The van der Waals surface area contributed by atoms with E-state index in [1.807, 2.05) is 0 Å². The minimum absolute atomic E-state index is 0.0387. The Labute approximate surface area is 130 Å². The summed E-state index contributed by atoms with van der Waals surface area (Å²) >= 11 is 7.21. The number of hydrogen-bond donors (Lipinski definition) is 0. The molecule has 0 aliphatic carbocycles. The Hall–Kier alpha value is -2.05. The number of hydrogen-bond acceptors (Lipinski definition) is 6. The van der Waals surface area contributed by atoms with Crippen LogP contribution in [0.5, 0.6) is 0 Å². The largest absolute Gasteiger partial charge is 0.462 e. The first kappa shape index (κ1) is 15.3. The molecular formula is C14H11ClN2O3S. The van der Waals surface area contributed by atoms with Gasteiger partial charge in [0.15, 0.2) is 0 Å². The first-order valence-electron chi connectivity index (χ1n) is 6.07. The molecule has 0 saturated carbocycles. The van der Waals surface area contributed by atoms with Crippen LogP contribution in [0.1, 0.15) is 22.3 Å². The predicted octanol–water partition coefficient (Wildman–Crippen LogP) is 3.02. The molecule has 0 atom stereocenters. The summed E-state index contributed by atoms with van der Waals surface area (Å²) in [5.41, 5.74) is 0.0247. The Kier molecular flexibility index (Phi) is 5.19. The van der Waals surface area contributed by atoms with Crippen molar-refractivity contribution in [1.82, 2.24) is 9.97 Å². The van der Waals surface area contributed by atoms with E-state index in [0.717, 1.165) is 0 Å². The fourth-order valence-electron chi connectivity index (χ4n) is 1.56. The Morgan fingerprint density at radius 3 is 2.81 bits per heavy atom. The first-order chi connectivity index (χ1) is 10.1. The number of carbonyl (C=O) groups is 2. The van der Waals surface area contributed by atoms with Crippen LogP contribution in [0.3, 0.4) is 0 Å². The van der Waals surface area contributed by atoms with Crippen molar-refractivity contribution in [3.63, 3.8) is 0 Å². The average Bonchev–Trinajstić information content (AvgIpc) is 2.98. The van der Waals surface area contributed by atoms with Gasteiger partial charge in [-0.25, -0.2) is 14.8 Å². The first-order valence-corrected chi connectivity index (χ1v) is 7.32. The minimum atomic E-state index is -0.711. The zero-order chi connectivity index (χ0) is 15.2. The van der Waals surface area contributed by atoms with E-state index in [4.69, 9.17) is 16.3 Å². The molecule has 0 N–H and O–H groups in total. The molecule has 5 nitrogen and oxygen atoms in total. The monoisotopic (exact) mass is 322 g/mol. The highest BCUT2D eigenvalue weighted by Crippen LogP contribution is 2.20. The second-order valence-corrected chi connectivity index (χ2v) is 5.10. The van der Waals surface area contributed by atoms with Gasteiger partial charge in [0, 0.05) is 17.8 Å². The lowest BCUT2D eigenvalue weighted by molar-refractivity contribution is -0.137. The molecule has 0 amide bonds. The van der Waals surface area contributed by atoms with E-state index in [1.54, 1.807) is 24.6 Å². The summed E-state index contributed by atoms with van der Waals surface area (Å²) in [6, 6.07) is 3.08. The second-order valence-electron chi connectivity index (χ2n) is 3.82. The van der Waals surface area contributed by atoms with Crippen LogP contribution >= 0.6 is 22.9 Å². The molecule has 0 unspecified atom stereocenters. The van der Waals surface area contributed by atoms with E-state index in [2.05, 4.69) is 9.97 Å². The fraction of sp³-hybridized carbons (Fsp3) is 0.143. The lowest BCUT2D eigenvalue weighted by Gasteiger charge is -2.06. The normalized spacial score (nSPS) is 11.2. The number of Topliss-reactive ketones (excluding diaryl/α,β-unsaturated/α-hetero) is 1. The van der Waals surface area contributed by atoms with E-state index in [1.165, 1.54) is 29.7 Å².